The van der Waals surface area contributed by atoms with Crippen LogP contribution in [0.15, 0.2) is 102 Å². The van der Waals surface area contributed by atoms with Crippen molar-refractivity contribution in [2.24, 2.45) is 0 Å². The second-order valence-corrected chi connectivity index (χ2v) is 8.55. The molecular weight excluding hydrogens is 398 g/mol. The van der Waals surface area contributed by atoms with Crippen LogP contribution < -0.4 is 4.90 Å². The van der Waals surface area contributed by atoms with Crippen LogP contribution in [0.1, 0.15) is 21.6 Å². The van der Waals surface area contributed by atoms with Crippen molar-refractivity contribution >= 4 is 28.2 Å². The van der Waals surface area contributed by atoms with Gasteiger partial charge in [0.25, 0.3) is 0 Å². The van der Waals surface area contributed by atoms with Gasteiger partial charge in [-0.25, -0.2) is 0 Å². The minimum absolute atomic E-state index is 0.800. The van der Waals surface area contributed by atoms with Crippen molar-refractivity contribution in [1.29, 1.82) is 0 Å². The van der Waals surface area contributed by atoms with Crippen molar-refractivity contribution in [3.63, 3.8) is 0 Å². The highest BCUT2D eigenvalue weighted by Crippen LogP contribution is 2.39. The first kappa shape index (κ1) is 19.8. The molecule has 1 fully saturated rings. The molecular formula is C28H25NOS. The molecule has 0 radical (unpaired) electrons. The van der Waals surface area contributed by atoms with E-state index < -0.39 is 0 Å². The number of hydrogen-bond acceptors (Lipinski definition) is 3. The molecule has 0 bridgehead atoms. The number of rotatable bonds is 5. The van der Waals surface area contributed by atoms with Gasteiger partial charge in [-0.3, -0.25) is 0 Å². The summed E-state index contributed by atoms with van der Waals surface area (Å²) in [4.78, 5) is 3.68. The van der Waals surface area contributed by atoms with Gasteiger partial charge in [0.15, 0.2) is 0 Å². The summed E-state index contributed by atoms with van der Waals surface area (Å²) in [5.41, 5.74) is 7.51. The van der Waals surface area contributed by atoms with Crippen LogP contribution in [0.25, 0.3) is 11.1 Å². The highest BCUT2D eigenvalue weighted by molar-refractivity contribution is 7.11. The van der Waals surface area contributed by atoms with Crippen molar-refractivity contribution in [1.82, 2.24) is 0 Å². The van der Waals surface area contributed by atoms with E-state index >= 15 is 0 Å². The summed E-state index contributed by atoms with van der Waals surface area (Å²) in [5, 5.41) is 2.16. The molecule has 0 unspecified atom stereocenters. The molecule has 3 heteroatoms. The van der Waals surface area contributed by atoms with Crippen molar-refractivity contribution in [2.75, 3.05) is 31.2 Å². The Hall–Kier alpha value is -3.14. The van der Waals surface area contributed by atoms with Crippen LogP contribution in [0.5, 0.6) is 0 Å². The monoisotopic (exact) mass is 423 g/mol. The van der Waals surface area contributed by atoms with E-state index in [1.54, 1.807) is 11.3 Å². The standard InChI is InChI=1S/C28H25NOS/c1-3-8-22(9-4-1)27(23-10-5-2-6-11-23)28(26-12-7-21-31-26)24-13-15-25(16-14-24)29-17-19-30-20-18-29/h1-16,21H,17-20H2. The van der Waals surface area contributed by atoms with Gasteiger partial charge in [-0.2, -0.15) is 0 Å². The van der Waals surface area contributed by atoms with Crippen LogP contribution in [0.2, 0.25) is 0 Å². The Morgan fingerprint density at radius 3 is 1.74 bits per heavy atom. The molecule has 154 valence electrons. The predicted octanol–water partition coefficient (Wildman–Crippen LogP) is 6.59. The zero-order chi connectivity index (χ0) is 20.9. The third-order valence-electron chi connectivity index (χ3n) is 5.67. The van der Waals surface area contributed by atoms with Gasteiger partial charge in [0, 0.05) is 29.2 Å². The van der Waals surface area contributed by atoms with Gasteiger partial charge >= 0.3 is 0 Å². The second-order valence-electron chi connectivity index (χ2n) is 7.61. The van der Waals surface area contributed by atoms with Gasteiger partial charge in [-0.1, -0.05) is 78.9 Å². The van der Waals surface area contributed by atoms with Crippen molar-refractivity contribution in [3.8, 4) is 0 Å². The molecule has 2 heterocycles. The molecule has 0 N–H and O–H groups in total. The van der Waals surface area contributed by atoms with Crippen LogP contribution >= 0.6 is 11.3 Å². The van der Waals surface area contributed by atoms with E-state index in [4.69, 9.17) is 4.74 Å². The average Bonchev–Trinajstić information content (AvgIpc) is 3.39. The van der Waals surface area contributed by atoms with E-state index in [0.29, 0.717) is 0 Å². The fourth-order valence-corrected chi connectivity index (χ4v) is 4.95. The predicted molar refractivity (Wildman–Crippen MR) is 132 cm³/mol. The average molecular weight is 424 g/mol. The molecule has 1 saturated heterocycles. The fourth-order valence-electron chi connectivity index (χ4n) is 4.16. The van der Waals surface area contributed by atoms with Gasteiger partial charge < -0.3 is 9.64 Å². The fraction of sp³-hybridized carbons (Fsp3) is 0.143. The third-order valence-corrected chi connectivity index (χ3v) is 6.56. The van der Waals surface area contributed by atoms with Gasteiger partial charge in [-0.15, -0.1) is 11.3 Å². The molecule has 5 rings (SSSR count). The maximum Gasteiger partial charge on any atom is 0.0642 e. The van der Waals surface area contributed by atoms with Crippen LogP contribution in [0.3, 0.4) is 0 Å². The Bertz CT molecular complexity index is 1090. The maximum absolute atomic E-state index is 5.51. The van der Waals surface area contributed by atoms with E-state index in [1.165, 1.54) is 38.4 Å². The number of nitrogens with zero attached hydrogens (tertiary/aromatic N) is 1. The first-order valence-corrected chi connectivity index (χ1v) is 11.6. The summed E-state index contributed by atoms with van der Waals surface area (Å²) in [7, 11) is 0. The van der Waals surface area contributed by atoms with E-state index in [1.807, 2.05) is 0 Å². The molecule has 0 amide bonds. The molecule has 0 saturated carbocycles. The van der Waals surface area contributed by atoms with Crippen LogP contribution in [0, 0.1) is 0 Å². The Morgan fingerprint density at radius 1 is 0.613 bits per heavy atom. The second kappa shape index (κ2) is 9.34. The molecule has 0 atom stereocenters. The van der Waals surface area contributed by atoms with E-state index in [0.717, 1.165) is 26.3 Å². The minimum Gasteiger partial charge on any atom is -0.378 e. The van der Waals surface area contributed by atoms with E-state index in [9.17, 15) is 0 Å². The molecule has 3 aromatic carbocycles. The molecule has 2 nitrogen and oxygen atoms in total. The van der Waals surface area contributed by atoms with Gasteiger partial charge in [0.1, 0.15) is 0 Å². The van der Waals surface area contributed by atoms with Gasteiger partial charge in [0.2, 0.25) is 0 Å². The van der Waals surface area contributed by atoms with Crippen molar-refractivity contribution in [2.45, 2.75) is 0 Å². The zero-order valence-electron chi connectivity index (χ0n) is 17.4. The quantitative estimate of drug-likeness (QED) is 0.336. The van der Waals surface area contributed by atoms with Crippen LogP contribution in [-0.2, 0) is 4.74 Å². The minimum atomic E-state index is 0.800. The van der Waals surface area contributed by atoms with E-state index in [2.05, 4.69) is 107 Å². The first-order valence-electron chi connectivity index (χ1n) is 10.7. The van der Waals surface area contributed by atoms with Crippen LogP contribution in [-0.4, -0.2) is 26.3 Å². The number of benzene rings is 3. The van der Waals surface area contributed by atoms with E-state index in [-0.39, 0.29) is 0 Å². The molecule has 0 spiro atoms. The number of ether oxygens (including phenoxy) is 1. The summed E-state index contributed by atoms with van der Waals surface area (Å²) in [6.45, 7) is 3.50. The molecule has 1 aliphatic rings. The number of thiophene rings is 1. The lowest BCUT2D eigenvalue weighted by atomic mass is 9.88. The van der Waals surface area contributed by atoms with Gasteiger partial charge in [0.05, 0.1) is 13.2 Å². The lowest BCUT2D eigenvalue weighted by Crippen LogP contribution is -2.36. The Kier molecular flexibility index (Phi) is 5.96. The Morgan fingerprint density at radius 2 is 1.19 bits per heavy atom. The summed E-state index contributed by atoms with van der Waals surface area (Å²) in [6, 6.07) is 34.8. The summed E-state index contributed by atoms with van der Waals surface area (Å²) >= 11 is 1.79. The molecule has 1 aliphatic heterocycles. The number of hydrogen-bond donors (Lipinski definition) is 0. The molecule has 1 aromatic heterocycles. The third kappa shape index (κ3) is 4.34. The topological polar surface area (TPSA) is 12.5 Å². The Labute approximate surface area is 188 Å². The SMILES string of the molecule is c1ccc(C(=C(c2ccc(N3CCOCC3)cc2)c2cccs2)c2ccccc2)cc1. The lowest BCUT2D eigenvalue weighted by Gasteiger charge is -2.29. The van der Waals surface area contributed by atoms with Crippen LogP contribution in [0.4, 0.5) is 5.69 Å². The summed E-state index contributed by atoms with van der Waals surface area (Å²) < 4.78 is 5.51. The van der Waals surface area contributed by atoms with Gasteiger partial charge in [-0.05, 0) is 45.8 Å². The largest absolute Gasteiger partial charge is 0.378 e. The number of morpholine rings is 1. The summed E-state index contributed by atoms with van der Waals surface area (Å²) in [6.07, 6.45) is 0. The summed E-state index contributed by atoms with van der Waals surface area (Å²) in [5.74, 6) is 0. The smallest absolute Gasteiger partial charge is 0.0642 e. The first-order chi connectivity index (χ1) is 15.4. The molecule has 4 aromatic rings. The normalized spacial score (nSPS) is 13.7. The van der Waals surface area contributed by atoms with Crippen molar-refractivity contribution in [3.05, 3.63) is 124 Å². The molecule has 31 heavy (non-hydrogen) atoms. The maximum atomic E-state index is 5.51. The molecule has 0 aliphatic carbocycles. The highest BCUT2D eigenvalue weighted by Gasteiger charge is 2.17. The van der Waals surface area contributed by atoms with Crippen molar-refractivity contribution < 1.29 is 4.74 Å². The number of anilines is 1. The zero-order valence-corrected chi connectivity index (χ0v) is 18.2. The lowest BCUT2D eigenvalue weighted by molar-refractivity contribution is 0.122. The Balaban J connectivity index is 1.68. The highest BCUT2D eigenvalue weighted by atomic mass is 32.1.